The standard InChI is InChI=1S/C28H25F3N2O/c1-19(20-3-5-21(6-4-20)25-12-11-24(30)17-26(25)31)33-16-14-28(13-2-15-32,18-27(33)34)22-7-9-23(29)10-8-22/h3-12,17,19H,2,13-14,16,18H2,1H3/t19-,28-/m0/s1. The van der Waals surface area contributed by atoms with Crippen molar-refractivity contribution in [3.8, 4) is 17.2 Å². The van der Waals surface area contributed by atoms with Gasteiger partial charge in [-0.1, -0.05) is 36.4 Å². The van der Waals surface area contributed by atoms with E-state index in [0.717, 1.165) is 17.2 Å². The lowest BCUT2D eigenvalue weighted by atomic mass is 9.69. The van der Waals surface area contributed by atoms with Gasteiger partial charge in [-0.15, -0.1) is 0 Å². The molecule has 0 spiro atoms. The Balaban J connectivity index is 1.52. The first-order valence-corrected chi connectivity index (χ1v) is 11.3. The highest BCUT2D eigenvalue weighted by atomic mass is 19.1. The lowest BCUT2D eigenvalue weighted by molar-refractivity contribution is -0.138. The van der Waals surface area contributed by atoms with Crippen LogP contribution in [0.5, 0.6) is 0 Å². The molecule has 3 nitrogen and oxygen atoms in total. The van der Waals surface area contributed by atoms with Crippen LogP contribution < -0.4 is 0 Å². The zero-order valence-electron chi connectivity index (χ0n) is 18.9. The van der Waals surface area contributed by atoms with Crippen LogP contribution in [0, 0.1) is 28.8 Å². The first kappa shape index (κ1) is 23.6. The molecule has 0 aromatic heterocycles. The number of likely N-dealkylation sites (tertiary alicyclic amines) is 1. The smallest absolute Gasteiger partial charge is 0.223 e. The molecule has 0 aliphatic carbocycles. The first-order valence-electron chi connectivity index (χ1n) is 11.3. The number of amides is 1. The van der Waals surface area contributed by atoms with Crippen molar-refractivity contribution in [3.63, 3.8) is 0 Å². The van der Waals surface area contributed by atoms with Crippen molar-refractivity contribution in [2.75, 3.05) is 6.54 Å². The molecule has 34 heavy (non-hydrogen) atoms. The normalized spacial score (nSPS) is 19.0. The van der Waals surface area contributed by atoms with Gasteiger partial charge in [-0.3, -0.25) is 4.79 Å². The molecule has 1 amide bonds. The SMILES string of the molecule is C[C@@H](c1ccc(-c2ccc(F)cc2F)cc1)N1CC[C@](CCC#N)(c2ccc(F)cc2)CC1=O. The number of carbonyl (C=O) groups excluding carboxylic acids is 1. The van der Waals surface area contributed by atoms with Gasteiger partial charge in [0.25, 0.3) is 0 Å². The molecule has 1 aliphatic heterocycles. The fourth-order valence-corrected chi connectivity index (χ4v) is 4.90. The number of halogens is 3. The fraction of sp³-hybridized carbons (Fsp3) is 0.286. The fourth-order valence-electron chi connectivity index (χ4n) is 4.90. The van der Waals surface area contributed by atoms with Crippen molar-refractivity contribution in [3.05, 3.63) is 95.3 Å². The van der Waals surface area contributed by atoms with Crippen LogP contribution in [0.4, 0.5) is 13.2 Å². The number of benzene rings is 3. The lowest BCUT2D eigenvalue weighted by Gasteiger charge is -2.44. The number of hydrogen-bond acceptors (Lipinski definition) is 2. The molecule has 1 heterocycles. The summed E-state index contributed by atoms with van der Waals surface area (Å²) in [7, 11) is 0. The summed E-state index contributed by atoms with van der Waals surface area (Å²) in [6.07, 6.45) is 1.79. The van der Waals surface area contributed by atoms with Gasteiger partial charge in [-0.25, -0.2) is 13.2 Å². The molecule has 174 valence electrons. The average Bonchev–Trinajstić information content (AvgIpc) is 2.83. The van der Waals surface area contributed by atoms with Crippen LogP contribution in [-0.4, -0.2) is 17.4 Å². The highest BCUT2D eigenvalue weighted by Crippen LogP contribution is 2.42. The molecule has 0 N–H and O–H groups in total. The summed E-state index contributed by atoms with van der Waals surface area (Å²) >= 11 is 0. The van der Waals surface area contributed by atoms with E-state index in [1.165, 1.54) is 24.3 Å². The molecule has 0 bridgehead atoms. The molecule has 0 radical (unpaired) electrons. The Bertz CT molecular complexity index is 1220. The Kier molecular flexibility index (Phi) is 6.74. The van der Waals surface area contributed by atoms with Crippen molar-refractivity contribution in [1.29, 1.82) is 5.26 Å². The van der Waals surface area contributed by atoms with Gasteiger partial charge >= 0.3 is 0 Å². The van der Waals surface area contributed by atoms with Crippen molar-refractivity contribution < 1.29 is 18.0 Å². The number of carbonyl (C=O) groups is 1. The molecule has 1 fully saturated rings. The van der Waals surface area contributed by atoms with Gasteiger partial charge in [0, 0.05) is 36.4 Å². The molecule has 3 aromatic rings. The van der Waals surface area contributed by atoms with Crippen LogP contribution >= 0.6 is 0 Å². The van der Waals surface area contributed by atoms with Gasteiger partial charge in [0.05, 0.1) is 12.1 Å². The number of hydrogen-bond donors (Lipinski definition) is 0. The average molecular weight is 463 g/mol. The summed E-state index contributed by atoms with van der Waals surface area (Å²) in [4.78, 5) is 15.1. The second kappa shape index (κ2) is 9.72. The molecule has 4 rings (SSSR count). The Labute approximate surface area is 197 Å². The van der Waals surface area contributed by atoms with E-state index in [4.69, 9.17) is 5.26 Å². The summed E-state index contributed by atoms with van der Waals surface area (Å²) in [5.41, 5.74) is 2.25. The minimum absolute atomic E-state index is 0.0188. The largest absolute Gasteiger partial charge is 0.336 e. The van der Waals surface area contributed by atoms with E-state index in [1.54, 1.807) is 24.3 Å². The van der Waals surface area contributed by atoms with Crippen LogP contribution in [0.15, 0.2) is 66.7 Å². The quantitative estimate of drug-likeness (QED) is 0.409. The highest BCUT2D eigenvalue weighted by Gasteiger charge is 2.41. The van der Waals surface area contributed by atoms with Crippen molar-refractivity contribution in [2.24, 2.45) is 0 Å². The molecule has 2 atom stereocenters. The third-order valence-corrected chi connectivity index (χ3v) is 6.92. The van der Waals surface area contributed by atoms with Gasteiger partial charge in [-0.05, 0) is 60.7 Å². The Morgan fingerprint density at radius 1 is 1.00 bits per heavy atom. The Morgan fingerprint density at radius 3 is 2.29 bits per heavy atom. The maximum absolute atomic E-state index is 14.1. The summed E-state index contributed by atoms with van der Waals surface area (Å²) in [6.45, 7) is 2.46. The van der Waals surface area contributed by atoms with Gasteiger partial charge < -0.3 is 4.90 Å². The number of piperidine rings is 1. The highest BCUT2D eigenvalue weighted by molar-refractivity contribution is 5.79. The van der Waals surface area contributed by atoms with Crippen LogP contribution in [0.3, 0.4) is 0 Å². The number of rotatable bonds is 6. The predicted octanol–water partition coefficient (Wildman–Crippen LogP) is 6.70. The Morgan fingerprint density at radius 2 is 1.68 bits per heavy atom. The lowest BCUT2D eigenvalue weighted by Crippen LogP contribution is -2.47. The van der Waals surface area contributed by atoms with E-state index in [0.29, 0.717) is 36.9 Å². The van der Waals surface area contributed by atoms with Gasteiger partial charge in [-0.2, -0.15) is 5.26 Å². The molecule has 1 saturated heterocycles. The van der Waals surface area contributed by atoms with Crippen LogP contribution in [-0.2, 0) is 10.2 Å². The Hall–Kier alpha value is -3.59. The van der Waals surface area contributed by atoms with Crippen molar-refractivity contribution in [2.45, 2.75) is 44.1 Å². The molecular formula is C28H25F3N2O. The van der Waals surface area contributed by atoms with E-state index in [2.05, 4.69) is 6.07 Å². The second-order valence-electron chi connectivity index (χ2n) is 8.88. The molecular weight excluding hydrogens is 437 g/mol. The zero-order valence-corrected chi connectivity index (χ0v) is 18.9. The van der Waals surface area contributed by atoms with Gasteiger partial charge in [0.2, 0.25) is 5.91 Å². The molecule has 0 unspecified atom stereocenters. The summed E-state index contributed by atoms with van der Waals surface area (Å²) in [6, 6.07) is 18.9. The number of nitrogens with zero attached hydrogens (tertiary/aromatic N) is 2. The van der Waals surface area contributed by atoms with E-state index in [9.17, 15) is 18.0 Å². The van der Waals surface area contributed by atoms with Crippen molar-refractivity contribution >= 4 is 5.91 Å². The van der Waals surface area contributed by atoms with Crippen LogP contribution in [0.1, 0.15) is 49.8 Å². The second-order valence-corrected chi connectivity index (χ2v) is 8.88. The van der Waals surface area contributed by atoms with E-state index < -0.39 is 17.0 Å². The number of nitriles is 1. The van der Waals surface area contributed by atoms with Crippen molar-refractivity contribution in [1.82, 2.24) is 4.90 Å². The molecule has 1 aliphatic rings. The minimum Gasteiger partial charge on any atom is -0.336 e. The van der Waals surface area contributed by atoms with Gasteiger partial charge in [0.15, 0.2) is 0 Å². The third kappa shape index (κ3) is 4.70. The topological polar surface area (TPSA) is 44.1 Å². The van der Waals surface area contributed by atoms with E-state index in [-0.39, 0.29) is 24.2 Å². The molecule has 3 aromatic carbocycles. The monoisotopic (exact) mass is 462 g/mol. The summed E-state index contributed by atoms with van der Waals surface area (Å²) in [5.74, 6) is -1.60. The minimum atomic E-state index is -0.624. The van der Waals surface area contributed by atoms with E-state index in [1.807, 2.05) is 24.0 Å². The summed E-state index contributed by atoms with van der Waals surface area (Å²) in [5, 5.41) is 9.15. The van der Waals surface area contributed by atoms with Crippen LogP contribution in [0.25, 0.3) is 11.1 Å². The predicted molar refractivity (Wildman–Crippen MR) is 124 cm³/mol. The summed E-state index contributed by atoms with van der Waals surface area (Å²) < 4.78 is 40.8. The maximum Gasteiger partial charge on any atom is 0.223 e. The molecule has 0 saturated carbocycles. The maximum atomic E-state index is 14.1. The first-order chi connectivity index (χ1) is 16.3. The molecule has 6 heteroatoms. The third-order valence-electron chi connectivity index (χ3n) is 6.92. The zero-order chi connectivity index (χ0) is 24.3. The van der Waals surface area contributed by atoms with Gasteiger partial charge in [0.1, 0.15) is 17.5 Å². The van der Waals surface area contributed by atoms with Crippen LogP contribution in [0.2, 0.25) is 0 Å². The van der Waals surface area contributed by atoms with E-state index >= 15 is 0 Å².